The molecule has 0 unspecified atom stereocenters. The third-order valence-electron chi connectivity index (χ3n) is 2.36. The quantitative estimate of drug-likeness (QED) is 0.803. The molecule has 0 bridgehead atoms. The van der Waals surface area contributed by atoms with E-state index < -0.39 is 0 Å². The van der Waals surface area contributed by atoms with Gasteiger partial charge in [-0.3, -0.25) is 0 Å². The Balaban J connectivity index is 2.26. The van der Waals surface area contributed by atoms with E-state index in [-0.39, 0.29) is 0 Å². The summed E-state index contributed by atoms with van der Waals surface area (Å²) in [7, 11) is 0. The first kappa shape index (κ1) is 10.2. The van der Waals surface area contributed by atoms with Crippen LogP contribution in [0.15, 0.2) is 6.07 Å². The molecule has 2 heterocycles. The lowest BCUT2D eigenvalue weighted by Crippen LogP contribution is -2.19. The second kappa shape index (κ2) is 4.45. The fourth-order valence-electron chi connectivity index (χ4n) is 1.52. The number of thioether (sulfide) groups is 1. The molecule has 0 radical (unpaired) electrons. The van der Waals surface area contributed by atoms with Crippen molar-refractivity contribution in [1.82, 2.24) is 9.97 Å². The average Bonchev–Trinajstić information content (AvgIpc) is 1.99. The molecule has 4 heteroatoms. The van der Waals surface area contributed by atoms with Crippen molar-refractivity contribution in [2.75, 3.05) is 11.5 Å². The van der Waals surface area contributed by atoms with Crippen LogP contribution in [0.4, 0.5) is 0 Å². The van der Waals surface area contributed by atoms with E-state index in [1.807, 2.05) is 17.8 Å². The largest absolute Gasteiger partial charge is 0.347 e. The van der Waals surface area contributed by atoms with E-state index in [9.17, 15) is 0 Å². The minimum Gasteiger partial charge on any atom is -0.347 e. The van der Waals surface area contributed by atoms with Gasteiger partial charge in [0.2, 0.25) is 0 Å². The van der Waals surface area contributed by atoms with Gasteiger partial charge in [-0.15, -0.1) is 0 Å². The van der Waals surface area contributed by atoms with Gasteiger partial charge in [-0.25, -0.2) is 4.98 Å². The SMILES string of the molecule is CCCc1cc(=S)nc(C2CSC2)[nH]1. The molecular weight excluding hydrogens is 212 g/mol. The molecule has 2 nitrogen and oxygen atoms in total. The zero-order chi connectivity index (χ0) is 9.97. The highest BCUT2D eigenvalue weighted by Crippen LogP contribution is 2.31. The van der Waals surface area contributed by atoms with E-state index in [1.54, 1.807) is 0 Å². The van der Waals surface area contributed by atoms with E-state index in [0.717, 1.165) is 23.3 Å². The Morgan fingerprint density at radius 3 is 3.00 bits per heavy atom. The third kappa shape index (κ3) is 2.17. The van der Waals surface area contributed by atoms with E-state index in [2.05, 4.69) is 16.9 Å². The number of nitrogens with one attached hydrogen (secondary N) is 1. The molecule has 76 valence electrons. The Bertz CT molecular complexity index is 369. The van der Waals surface area contributed by atoms with Crippen LogP contribution in [0.25, 0.3) is 0 Å². The van der Waals surface area contributed by atoms with Crippen LogP contribution in [0.3, 0.4) is 0 Å². The predicted molar refractivity (Wildman–Crippen MR) is 63.5 cm³/mol. The summed E-state index contributed by atoms with van der Waals surface area (Å²) in [5.41, 5.74) is 1.24. The van der Waals surface area contributed by atoms with E-state index in [1.165, 1.54) is 17.2 Å². The van der Waals surface area contributed by atoms with Crippen molar-refractivity contribution < 1.29 is 0 Å². The van der Waals surface area contributed by atoms with Crippen molar-refractivity contribution in [1.29, 1.82) is 0 Å². The molecule has 1 N–H and O–H groups in total. The zero-order valence-corrected chi connectivity index (χ0v) is 9.88. The molecule has 0 aromatic carbocycles. The van der Waals surface area contributed by atoms with E-state index in [4.69, 9.17) is 12.2 Å². The Morgan fingerprint density at radius 2 is 2.43 bits per heavy atom. The Kier molecular flexibility index (Phi) is 3.23. The van der Waals surface area contributed by atoms with Gasteiger partial charge in [0.05, 0.1) is 0 Å². The standard InChI is InChI=1S/C10H14N2S2/c1-2-3-8-4-9(13)12-10(11-8)7-5-14-6-7/h4,7H,2-3,5-6H2,1H3,(H,11,12,13). The van der Waals surface area contributed by atoms with Crippen molar-refractivity contribution in [3.63, 3.8) is 0 Å². The van der Waals surface area contributed by atoms with Gasteiger partial charge in [-0.05, 0) is 12.5 Å². The topological polar surface area (TPSA) is 28.7 Å². The van der Waals surface area contributed by atoms with Gasteiger partial charge in [-0.2, -0.15) is 11.8 Å². The van der Waals surface area contributed by atoms with E-state index >= 15 is 0 Å². The van der Waals surface area contributed by atoms with Crippen molar-refractivity contribution in [2.24, 2.45) is 0 Å². The number of aromatic nitrogens is 2. The lowest BCUT2D eigenvalue weighted by molar-refractivity contribution is 0.737. The van der Waals surface area contributed by atoms with Gasteiger partial charge in [0.15, 0.2) is 0 Å². The number of nitrogens with zero attached hydrogens (tertiary/aromatic N) is 1. The lowest BCUT2D eigenvalue weighted by atomic mass is 10.1. The average molecular weight is 226 g/mol. The molecule has 1 saturated heterocycles. The van der Waals surface area contributed by atoms with E-state index in [0.29, 0.717) is 5.92 Å². The minimum absolute atomic E-state index is 0.610. The van der Waals surface area contributed by atoms with Gasteiger partial charge in [0.1, 0.15) is 10.5 Å². The van der Waals surface area contributed by atoms with Crippen molar-refractivity contribution in [3.8, 4) is 0 Å². The second-order valence-corrected chi connectivity index (χ2v) is 5.11. The highest BCUT2D eigenvalue weighted by atomic mass is 32.2. The first-order valence-corrected chi connectivity index (χ1v) is 6.53. The Morgan fingerprint density at radius 1 is 1.64 bits per heavy atom. The smallest absolute Gasteiger partial charge is 0.130 e. The first-order valence-electron chi connectivity index (χ1n) is 4.97. The van der Waals surface area contributed by atoms with Crippen molar-refractivity contribution in [2.45, 2.75) is 25.7 Å². The number of hydrogen-bond acceptors (Lipinski definition) is 3. The summed E-state index contributed by atoms with van der Waals surface area (Å²) < 4.78 is 0.735. The van der Waals surface area contributed by atoms with Gasteiger partial charge < -0.3 is 4.98 Å². The molecule has 0 spiro atoms. The fourth-order valence-corrected chi connectivity index (χ4v) is 2.55. The molecule has 2 rings (SSSR count). The molecule has 1 aliphatic heterocycles. The molecule has 0 saturated carbocycles. The molecule has 0 atom stereocenters. The number of aromatic amines is 1. The summed E-state index contributed by atoms with van der Waals surface area (Å²) in [4.78, 5) is 7.78. The molecule has 1 aromatic rings. The monoisotopic (exact) mass is 226 g/mol. The molecule has 0 amide bonds. The summed E-state index contributed by atoms with van der Waals surface area (Å²) in [6.07, 6.45) is 2.22. The summed E-state index contributed by atoms with van der Waals surface area (Å²) in [5, 5.41) is 0. The predicted octanol–water partition coefficient (Wildman–Crippen LogP) is 2.92. The van der Waals surface area contributed by atoms with Gasteiger partial charge in [0, 0.05) is 23.1 Å². The molecule has 0 aliphatic carbocycles. The van der Waals surface area contributed by atoms with Crippen LogP contribution in [0.5, 0.6) is 0 Å². The number of H-pyrrole nitrogens is 1. The first-order chi connectivity index (χ1) is 6.79. The highest BCUT2D eigenvalue weighted by molar-refractivity contribution is 8.00. The maximum absolute atomic E-state index is 5.15. The van der Waals surface area contributed by atoms with Crippen LogP contribution in [0.1, 0.15) is 30.8 Å². The summed E-state index contributed by atoms with van der Waals surface area (Å²) >= 11 is 7.13. The fraction of sp³-hybridized carbons (Fsp3) is 0.600. The summed E-state index contributed by atoms with van der Waals surface area (Å²) in [5.74, 6) is 4.08. The van der Waals surface area contributed by atoms with Crippen molar-refractivity contribution in [3.05, 3.63) is 22.2 Å². The normalized spacial score (nSPS) is 16.6. The molecule has 1 aromatic heterocycles. The summed E-state index contributed by atoms with van der Waals surface area (Å²) in [6, 6.07) is 1.98. The number of hydrogen-bond donors (Lipinski definition) is 1. The zero-order valence-electron chi connectivity index (χ0n) is 8.25. The van der Waals surface area contributed by atoms with Crippen LogP contribution in [-0.4, -0.2) is 21.5 Å². The van der Waals surface area contributed by atoms with Crippen LogP contribution in [-0.2, 0) is 6.42 Å². The number of rotatable bonds is 3. The van der Waals surface area contributed by atoms with Crippen LogP contribution in [0.2, 0.25) is 0 Å². The lowest BCUT2D eigenvalue weighted by Gasteiger charge is -2.24. The molecule has 1 aliphatic rings. The van der Waals surface area contributed by atoms with Gasteiger partial charge >= 0.3 is 0 Å². The Hall–Kier alpha value is -0.350. The maximum atomic E-state index is 5.15. The van der Waals surface area contributed by atoms with Gasteiger partial charge in [-0.1, -0.05) is 25.6 Å². The number of aryl methyl sites for hydroxylation is 1. The highest BCUT2D eigenvalue weighted by Gasteiger charge is 2.22. The Labute approximate surface area is 93.5 Å². The van der Waals surface area contributed by atoms with Crippen molar-refractivity contribution >= 4 is 24.0 Å². The minimum atomic E-state index is 0.610. The summed E-state index contributed by atoms with van der Waals surface area (Å²) in [6.45, 7) is 2.18. The van der Waals surface area contributed by atoms with Gasteiger partial charge in [0.25, 0.3) is 0 Å². The third-order valence-corrected chi connectivity index (χ3v) is 3.85. The van der Waals surface area contributed by atoms with Crippen LogP contribution in [0, 0.1) is 4.64 Å². The molecule has 14 heavy (non-hydrogen) atoms. The maximum Gasteiger partial charge on any atom is 0.130 e. The molecular formula is C10H14N2S2. The van der Waals surface area contributed by atoms with Crippen LogP contribution < -0.4 is 0 Å². The second-order valence-electron chi connectivity index (χ2n) is 3.61. The van der Waals surface area contributed by atoms with Crippen LogP contribution >= 0.6 is 24.0 Å². The molecule has 1 fully saturated rings.